The molecule has 14 heavy (non-hydrogen) atoms. The van der Waals surface area contributed by atoms with E-state index in [9.17, 15) is 0 Å². The second-order valence-electron chi connectivity index (χ2n) is 3.30. The van der Waals surface area contributed by atoms with Crippen LogP contribution in [0.1, 0.15) is 6.92 Å². The van der Waals surface area contributed by atoms with Crippen LogP contribution in [0, 0.1) is 11.3 Å². The molecule has 3 N–H and O–H groups in total. The monoisotopic (exact) mass is 193 g/mol. The molecule has 76 valence electrons. The molecule has 1 atom stereocenters. The van der Waals surface area contributed by atoms with E-state index in [-0.39, 0.29) is 11.8 Å². The normalized spacial score (nSPS) is 12.1. The molecule has 1 aromatic heterocycles. The maximum Gasteiger partial charge on any atom is 0.131 e. The number of nitrogens with two attached hydrogens (primary N) is 1. The van der Waals surface area contributed by atoms with Crippen molar-refractivity contribution in [2.24, 2.45) is 11.7 Å². The molecule has 0 bridgehead atoms. The van der Waals surface area contributed by atoms with Crippen molar-refractivity contribution in [2.45, 2.75) is 6.92 Å². The fourth-order valence-electron chi connectivity index (χ4n) is 1.11. The summed E-state index contributed by atoms with van der Waals surface area (Å²) in [4.78, 5) is 9.88. The Morgan fingerprint density at radius 2 is 2.43 bits per heavy atom. The molecule has 0 radical (unpaired) electrons. The van der Waals surface area contributed by atoms with Crippen LogP contribution in [-0.4, -0.2) is 29.4 Å². The zero-order valence-corrected chi connectivity index (χ0v) is 8.44. The highest BCUT2D eigenvalue weighted by molar-refractivity contribution is 5.79. The van der Waals surface area contributed by atoms with Crippen molar-refractivity contribution < 1.29 is 0 Å². The number of hydrogen-bond acceptors (Lipinski definition) is 4. The van der Waals surface area contributed by atoms with Gasteiger partial charge in [-0.2, -0.15) is 0 Å². The first-order chi connectivity index (χ1) is 6.61. The van der Waals surface area contributed by atoms with Crippen LogP contribution in [-0.2, 0) is 0 Å². The van der Waals surface area contributed by atoms with Crippen molar-refractivity contribution in [2.75, 3.05) is 18.5 Å². The van der Waals surface area contributed by atoms with Crippen LogP contribution < -0.4 is 10.6 Å². The van der Waals surface area contributed by atoms with E-state index in [1.54, 1.807) is 6.20 Å². The van der Waals surface area contributed by atoms with E-state index in [2.05, 4.69) is 9.97 Å². The molecule has 0 saturated heterocycles. The first-order valence-electron chi connectivity index (χ1n) is 4.42. The summed E-state index contributed by atoms with van der Waals surface area (Å²) in [5, 5.41) is 7.27. The minimum Gasteiger partial charge on any atom is -0.387 e. The first kappa shape index (κ1) is 10.4. The fourth-order valence-corrected chi connectivity index (χ4v) is 1.11. The Morgan fingerprint density at radius 1 is 1.71 bits per heavy atom. The molecule has 0 amide bonds. The van der Waals surface area contributed by atoms with Gasteiger partial charge in [-0.15, -0.1) is 0 Å². The first-order valence-corrected chi connectivity index (χ1v) is 4.42. The summed E-state index contributed by atoms with van der Waals surface area (Å²) < 4.78 is 0. The Labute approximate surface area is 83.5 Å². The van der Waals surface area contributed by atoms with Crippen molar-refractivity contribution >= 4 is 11.7 Å². The molecule has 1 rings (SSSR count). The van der Waals surface area contributed by atoms with Gasteiger partial charge in [-0.1, -0.05) is 6.92 Å². The highest BCUT2D eigenvalue weighted by Gasteiger charge is 2.09. The van der Waals surface area contributed by atoms with Crippen LogP contribution in [0.5, 0.6) is 0 Å². The zero-order chi connectivity index (χ0) is 10.6. The number of nitrogens with one attached hydrogen (secondary N) is 1. The Balaban J connectivity index is 2.59. The van der Waals surface area contributed by atoms with Crippen LogP contribution in [0.15, 0.2) is 18.6 Å². The number of anilines is 1. The molecule has 0 saturated carbocycles. The second kappa shape index (κ2) is 4.55. The van der Waals surface area contributed by atoms with E-state index in [0.717, 1.165) is 5.82 Å². The van der Waals surface area contributed by atoms with Crippen LogP contribution >= 0.6 is 0 Å². The molecule has 5 nitrogen and oxygen atoms in total. The predicted octanol–water partition coefficient (Wildman–Crippen LogP) is 0.485. The minimum atomic E-state index is 0.0370. The van der Waals surface area contributed by atoms with Gasteiger partial charge < -0.3 is 10.6 Å². The maximum absolute atomic E-state index is 7.27. The molecule has 0 aliphatic carbocycles. The predicted molar refractivity (Wildman–Crippen MR) is 56.4 cm³/mol. The van der Waals surface area contributed by atoms with E-state index in [0.29, 0.717) is 6.54 Å². The van der Waals surface area contributed by atoms with Gasteiger partial charge in [0.15, 0.2) is 0 Å². The van der Waals surface area contributed by atoms with E-state index < -0.39 is 0 Å². The van der Waals surface area contributed by atoms with E-state index >= 15 is 0 Å². The topological polar surface area (TPSA) is 78.9 Å². The summed E-state index contributed by atoms with van der Waals surface area (Å²) in [7, 11) is 1.92. The van der Waals surface area contributed by atoms with Gasteiger partial charge in [-0.25, -0.2) is 9.97 Å². The summed E-state index contributed by atoms with van der Waals surface area (Å²) in [6.45, 7) is 2.60. The zero-order valence-electron chi connectivity index (χ0n) is 8.44. The molecular weight excluding hydrogens is 178 g/mol. The van der Waals surface area contributed by atoms with Crippen LogP contribution in [0.4, 0.5) is 5.82 Å². The number of amidine groups is 1. The molecule has 0 aromatic carbocycles. The average Bonchev–Trinajstić information content (AvgIpc) is 2.19. The highest BCUT2D eigenvalue weighted by Crippen LogP contribution is 2.07. The maximum atomic E-state index is 7.27. The Hall–Kier alpha value is -1.65. The number of hydrogen-bond donors (Lipinski definition) is 2. The third-order valence-electron chi connectivity index (χ3n) is 2.04. The largest absolute Gasteiger partial charge is 0.387 e. The molecule has 0 aliphatic heterocycles. The molecule has 0 fully saturated rings. The van der Waals surface area contributed by atoms with Crippen LogP contribution in [0.3, 0.4) is 0 Å². The second-order valence-corrected chi connectivity index (χ2v) is 3.30. The van der Waals surface area contributed by atoms with Gasteiger partial charge in [-0.3, -0.25) is 5.41 Å². The molecule has 0 spiro atoms. The van der Waals surface area contributed by atoms with Gasteiger partial charge in [0.25, 0.3) is 0 Å². The lowest BCUT2D eigenvalue weighted by Crippen LogP contribution is -2.32. The third kappa shape index (κ3) is 2.69. The van der Waals surface area contributed by atoms with Gasteiger partial charge in [0.05, 0.1) is 5.84 Å². The van der Waals surface area contributed by atoms with Crippen molar-refractivity contribution in [3.8, 4) is 0 Å². The summed E-state index contributed by atoms with van der Waals surface area (Å²) in [6, 6.07) is 1.83. The van der Waals surface area contributed by atoms with Crippen molar-refractivity contribution in [1.29, 1.82) is 5.41 Å². The summed E-state index contributed by atoms with van der Waals surface area (Å²) in [5.41, 5.74) is 5.39. The van der Waals surface area contributed by atoms with Gasteiger partial charge >= 0.3 is 0 Å². The Bertz CT molecular complexity index is 297. The number of nitrogens with zero attached hydrogens (tertiary/aromatic N) is 3. The molecule has 1 aromatic rings. The fraction of sp³-hybridized carbons (Fsp3) is 0.444. The molecule has 1 heterocycles. The van der Waals surface area contributed by atoms with Gasteiger partial charge in [0.2, 0.25) is 0 Å². The van der Waals surface area contributed by atoms with Crippen molar-refractivity contribution in [1.82, 2.24) is 9.97 Å². The quantitative estimate of drug-likeness (QED) is 0.538. The Morgan fingerprint density at radius 3 is 2.93 bits per heavy atom. The van der Waals surface area contributed by atoms with Crippen LogP contribution in [0.25, 0.3) is 0 Å². The standard InChI is InChI=1S/C9H15N5/c1-7(9(10)11)5-14(2)8-3-4-12-6-13-8/h3-4,6-7H,5H2,1-2H3,(H3,10,11). The molecule has 0 aliphatic rings. The molecular formula is C9H15N5. The van der Waals surface area contributed by atoms with Crippen molar-refractivity contribution in [3.05, 3.63) is 18.6 Å². The summed E-state index contributed by atoms with van der Waals surface area (Å²) in [5.74, 6) is 1.08. The lowest BCUT2D eigenvalue weighted by atomic mass is 10.1. The van der Waals surface area contributed by atoms with Gasteiger partial charge in [0.1, 0.15) is 12.1 Å². The van der Waals surface area contributed by atoms with Crippen LogP contribution in [0.2, 0.25) is 0 Å². The number of rotatable bonds is 4. The highest BCUT2D eigenvalue weighted by atomic mass is 15.2. The SMILES string of the molecule is CC(CN(C)c1ccncn1)C(=N)N. The smallest absolute Gasteiger partial charge is 0.131 e. The summed E-state index contributed by atoms with van der Waals surface area (Å²) >= 11 is 0. The minimum absolute atomic E-state index is 0.0370. The summed E-state index contributed by atoms with van der Waals surface area (Å²) in [6.07, 6.45) is 3.20. The van der Waals surface area contributed by atoms with Gasteiger partial charge in [0, 0.05) is 25.7 Å². The van der Waals surface area contributed by atoms with E-state index in [4.69, 9.17) is 11.1 Å². The third-order valence-corrected chi connectivity index (χ3v) is 2.04. The Kier molecular flexibility index (Phi) is 3.39. The molecule has 1 unspecified atom stereocenters. The average molecular weight is 193 g/mol. The van der Waals surface area contributed by atoms with E-state index in [1.807, 2.05) is 24.9 Å². The van der Waals surface area contributed by atoms with E-state index in [1.165, 1.54) is 6.33 Å². The lowest BCUT2D eigenvalue weighted by Gasteiger charge is -2.21. The van der Waals surface area contributed by atoms with Crippen molar-refractivity contribution in [3.63, 3.8) is 0 Å². The number of aromatic nitrogens is 2. The van der Waals surface area contributed by atoms with Gasteiger partial charge in [-0.05, 0) is 6.07 Å². The lowest BCUT2D eigenvalue weighted by molar-refractivity contribution is 0.721. The molecule has 5 heteroatoms.